The van der Waals surface area contributed by atoms with E-state index < -0.39 is 0 Å². The van der Waals surface area contributed by atoms with Crippen LogP contribution in [0.4, 0.5) is 5.95 Å². The molecule has 2 aromatic rings. The van der Waals surface area contributed by atoms with Gasteiger partial charge in [0.15, 0.2) is 0 Å². The molecule has 3 rings (SSSR count). The van der Waals surface area contributed by atoms with Crippen LogP contribution in [-0.4, -0.2) is 16.5 Å². The van der Waals surface area contributed by atoms with Crippen LogP contribution in [0, 0.1) is 5.41 Å². The molecule has 1 saturated carbocycles. The van der Waals surface area contributed by atoms with Crippen molar-refractivity contribution in [2.45, 2.75) is 39.0 Å². The predicted molar refractivity (Wildman–Crippen MR) is 75.8 cm³/mol. The molecule has 0 saturated heterocycles. The average molecular weight is 243 g/mol. The number of anilines is 1. The standard InChI is InChI=1S/C15H21N3/c1-2-15(9-5-6-10-15)11-16-14-17-12-7-3-4-8-13(12)18-14/h3-4,7-8H,2,5-6,9-11H2,1H3,(H2,16,17,18). The summed E-state index contributed by atoms with van der Waals surface area (Å²) in [4.78, 5) is 7.91. The number of fused-ring (bicyclic) bond motifs is 1. The predicted octanol–water partition coefficient (Wildman–Crippen LogP) is 3.95. The van der Waals surface area contributed by atoms with Gasteiger partial charge >= 0.3 is 0 Å². The monoisotopic (exact) mass is 243 g/mol. The molecule has 0 bridgehead atoms. The van der Waals surface area contributed by atoms with Gasteiger partial charge in [-0.3, -0.25) is 0 Å². The number of nitrogens with one attached hydrogen (secondary N) is 2. The fourth-order valence-electron chi connectivity index (χ4n) is 3.09. The Labute approximate surface area is 108 Å². The van der Waals surface area contributed by atoms with E-state index in [1.807, 2.05) is 18.2 Å². The van der Waals surface area contributed by atoms with Crippen molar-refractivity contribution in [1.29, 1.82) is 0 Å². The molecule has 0 amide bonds. The van der Waals surface area contributed by atoms with E-state index in [0.717, 1.165) is 23.5 Å². The van der Waals surface area contributed by atoms with Crippen LogP contribution in [-0.2, 0) is 0 Å². The summed E-state index contributed by atoms with van der Waals surface area (Å²) < 4.78 is 0. The van der Waals surface area contributed by atoms with E-state index in [0.29, 0.717) is 5.41 Å². The lowest BCUT2D eigenvalue weighted by Gasteiger charge is -2.27. The summed E-state index contributed by atoms with van der Waals surface area (Å²) in [5.41, 5.74) is 2.65. The molecule has 1 aliphatic carbocycles. The van der Waals surface area contributed by atoms with Crippen molar-refractivity contribution in [3.05, 3.63) is 24.3 Å². The lowest BCUT2D eigenvalue weighted by Crippen LogP contribution is -2.26. The lowest BCUT2D eigenvalue weighted by molar-refractivity contribution is 0.306. The molecule has 3 heteroatoms. The normalized spacial score (nSPS) is 18.3. The summed E-state index contributed by atoms with van der Waals surface area (Å²) in [6, 6.07) is 8.17. The largest absolute Gasteiger partial charge is 0.355 e. The summed E-state index contributed by atoms with van der Waals surface area (Å²) in [7, 11) is 0. The highest BCUT2D eigenvalue weighted by atomic mass is 15.1. The van der Waals surface area contributed by atoms with Crippen molar-refractivity contribution in [2.24, 2.45) is 5.41 Å². The van der Waals surface area contributed by atoms with Gasteiger partial charge < -0.3 is 10.3 Å². The van der Waals surface area contributed by atoms with Gasteiger partial charge in [0.2, 0.25) is 5.95 Å². The second-order valence-electron chi connectivity index (χ2n) is 5.52. The van der Waals surface area contributed by atoms with Gasteiger partial charge in [-0.25, -0.2) is 4.98 Å². The van der Waals surface area contributed by atoms with Crippen molar-refractivity contribution >= 4 is 17.0 Å². The number of hydrogen-bond acceptors (Lipinski definition) is 2. The van der Waals surface area contributed by atoms with Crippen LogP contribution in [0.3, 0.4) is 0 Å². The third-order valence-electron chi connectivity index (χ3n) is 4.43. The Kier molecular flexibility index (Phi) is 2.98. The maximum absolute atomic E-state index is 4.57. The number of nitrogens with zero attached hydrogens (tertiary/aromatic N) is 1. The minimum atomic E-state index is 0.499. The molecule has 1 fully saturated rings. The molecule has 0 unspecified atom stereocenters. The maximum Gasteiger partial charge on any atom is 0.201 e. The molecule has 0 aliphatic heterocycles. The molecule has 3 nitrogen and oxygen atoms in total. The molecule has 2 N–H and O–H groups in total. The highest BCUT2D eigenvalue weighted by molar-refractivity contribution is 5.77. The van der Waals surface area contributed by atoms with E-state index in [1.54, 1.807) is 0 Å². The van der Waals surface area contributed by atoms with Crippen LogP contribution in [0.25, 0.3) is 11.0 Å². The van der Waals surface area contributed by atoms with Gasteiger partial charge in [-0.05, 0) is 36.8 Å². The second-order valence-corrected chi connectivity index (χ2v) is 5.52. The molecule has 18 heavy (non-hydrogen) atoms. The van der Waals surface area contributed by atoms with Gasteiger partial charge in [0.25, 0.3) is 0 Å². The van der Waals surface area contributed by atoms with E-state index in [2.05, 4.69) is 28.3 Å². The van der Waals surface area contributed by atoms with Gasteiger partial charge in [-0.15, -0.1) is 0 Å². The molecule has 1 aromatic heterocycles. The number of H-pyrrole nitrogens is 1. The first kappa shape index (κ1) is 11.6. The average Bonchev–Trinajstić information content (AvgIpc) is 3.03. The number of rotatable bonds is 4. The third-order valence-corrected chi connectivity index (χ3v) is 4.43. The highest BCUT2D eigenvalue weighted by Crippen LogP contribution is 2.40. The third kappa shape index (κ3) is 2.09. The first-order chi connectivity index (χ1) is 8.81. The summed E-state index contributed by atoms with van der Waals surface area (Å²) in [6.45, 7) is 3.36. The topological polar surface area (TPSA) is 40.7 Å². The molecule has 1 aliphatic rings. The molecular formula is C15H21N3. The van der Waals surface area contributed by atoms with E-state index >= 15 is 0 Å². The Morgan fingerprint density at radius 2 is 2.06 bits per heavy atom. The van der Waals surface area contributed by atoms with E-state index in [9.17, 15) is 0 Å². The number of para-hydroxylation sites is 2. The SMILES string of the molecule is CCC1(CNc2nc3ccccc3[nH]2)CCCC1. The highest BCUT2D eigenvalue weighted by Gasteiger charge is 2.31. The van der Waals surface area contributed by atoms with Crippen molar-refractivity contribution in [3.8, 4) is 0 Å². The van der Waals surface area contributed by atoms with E-state index in [-0.39, 0.29) is 0 Å². The van der Waals surface area contributed by atoms with Crippen LogP contribution in [0.15, 0.2) is 24.3 Å². The first-order valence-electron chi connectivity index (χ1n) is 7.00. The number of benzene rings is 1. The van der Waals surface area contributed by atoms with Gasteiger partial charge in [-0.2, -0.15) is 0 Å². The van der Waals surface area contributed by atoms with Crippen molar-refractivity contribution in [1.82, 2.24) is 9.97 Å². The Morgan fingerprint density at radius 1 is 1.28 bits per heavy atom. The van der Waals surface area contributed by atoms with Crippen LogP contribution in [0.5, 0.6) is 0 Å². The van der Waals surface area contributed by atoms with Gasteiger partial charge in [-0.1, -0.05) is 31.9 Å². The maximum atomic E-state index is 4.57. The Bertz CT molecular complexity index is 490. The smallest absolute Gasteiger partial charge is 0.201 e. The molecule has 1 heterocycles. The molecule has 96 valence electrons. The van der Waals surface area contributed by atoms with Crippen LogP contribution < -0.4 is 5.32 Å². The lowest BCUT2D eigenvalue weighted by atomic mass is 9.83. The van der Waals surface area contributed by atoms with Crippen molar-refractivity contribution < 1.29 is 0 Å². The molecule has 1 aromatic carbocycles. The van der Waals surface area contributed by atoms with E-state index in [1.165, 1.54) is 32.1 Å². The zero-order valence-corrected chi connectivity index (χ0v) is 11.0. The van der Waals surface area contributed by atoms with Crippen molar-refractivity contribution in [2.75, 3.05) is 11.9 Å². The molecular weight excluding hydrogens is 222 g/mol. The van der Waals surface area contributed by atoms with E-state index in [4.69, 9.17) is 0 Å². The Balaban J connectivity index is 1.72. The van der Waals surface area contributed by atoms with Gasteiger partial charge in [0, 0.05) is 6.54 Å². The van der Waals surface area contributed by atoms with Gasteiger partial charge in [0.05, 0.1) is 11.0 Å². The zero-order chi connectivity index (χ0) is 12.4. The first-order valence-corrected chi connectivity index (χ1v) is 7.00. The molecule has 0 atom stereocenters. The summed E-state index contributed by atoms with van der Waals surface area (Å²) in [6.07, 6.45) is 6.75. The summed E-state index contributed by atoms with van der Waals surface area (Å²) >= 11 is 0. The summed E-state index contributed by atoms with van der Waals surface area (Å²) in [5.74, 6) is 0.913. The molecule has 0 radical (unpaired) electrons. The quantitative estimate of drug-likeness (QED) is 0.853. The molecule has 0 spiro atoms. The zero-order valence-electron chi connectivity index (χ0n) is 11.0. The Hall–Kier alpha value is -1.51. The minimum absolute atomic E-state index is 0.499. The second kappa shape index (κ2) is 4.63. The number of aromatic amines is 1. The summed E-state index contributed by atoms with van der Waals surface area (Å²) in [5, 5.41) is 3.50. The van der Waals surface area contributed by atoms with Crippen molar-refractivity contribution in [3.63, 3.8) is 0 Å². The minimum Gasteiger partial charge on any atom is -0.355 e. The Morgan fingerprint density at radius 3 is 2.78 bits per heavy atom. The number of imidazole rings is 1. The van der Waals surface area contributed by atoms with Crippen LogP contribution in [0.1, 0.15) is 39.0 Å². The number of aromatic nitrogens is 2. The van der Waals surface area contributed by atoms with Crippen LogP contribution in [0.2, 0.25) is 0 Å². The van der Waals surface area contributed by atoms with Crippen LogP contribution >= 0.6 is 0 Å². The van der Waals surface area contributed by atoms with Gasteiger partial charge in [0.1, 0.15) is 0 Å². The fourth-order valence-corrected chi connectivity index (χ4v) is 3.09. The fraction of sp³-hybridized carbons (Fsp3) is 0.533. The number of hydrogen-bond donors (Lipinski definition) is 2.